The van der Waals surface area contributed by atoms with Crippen LogP contribution in [0.2, 0.25) is 0 Å². The smallest absolute Gasteiger partial charge is 0.125 e. The molecule has 104 valence electrons. The highest BCUT2D eigenvalue weighted by Gasteiger charge is 2.19. The highest BCUT2D eigenvalue weighted by atomic mass is 19.1. The van der Waals surface area contributed by atoms with Crippen LogP contribution < -0.4 is 10.2 Å². The quantitative estimate of drug-likeness (QED) is 0.821. The molecule has 3 rings (SSSR count). The fourth-order valence-corrected chi connectivity index (χ4v) is 2.92. The van der Waals surface area contributed by atoms with Gasteiger partial charge in [0.15, 0.2) is 0 Å². The molecule has 4 heteroatoms. The van der Waals surface area contributed by atoms with Gasteiger partial charge in [-0.25, -0.2) is 4.39 Å². The molecule has 1 N–H and O–H groups in total. The van der Waals surface area contributed by atoms with Crippen LogP contribution in [0.25, 0.3) is 0 Å². The summed E-state index contributed by atoms with van der Waals surface area (Å²) in [5, 5.41) is 3.48. The van der Waals surface area contributed by atoms with Crippen LogP contribution in [0.4, 0.5) is 10.1 Å². The zero-order valence-electron chi connectivity index (χ0n) is 11.2. The molecule has 0 amide bonds. The lowest BCUT2D eigenvalue weighted by Crippen LogP contribution is -2.33. The van der Waals surface area contributed by atoms with Gasteiger partial charge in [0.2, 0.25) is 0 Å². The molecule has 1 fully saturated rings. The van der Waals surface area contributed by atoms with Crippen molar-refractivity contribution in [2.75, 3.05) is 44.3 Å². The summed E-state index contributed by atoms with van der Waals surface area (Å²) >= 11 is 0. The highest BCUT2D eigenvalue weighted by Crippen LogP contribution is 2.28. The maximum absolute atomic E-state index is 13.3. The molecular formula is C15H21FN2O. The van der Waals surface area contributed by atoms with Gasteiger partial charge in [-0.3, -0.25) is 0 Å². The standard InChI is InChI=1S/C15H21FN2O/c16-14-2-1-13-3-6-18(15(13)9-14)7-5-17-10-12-4-8-19-11-12/h1-2,9,12,17H,3-8,10-11H2. The molecule has 0 bridgehead atoms. The number of anilines is 1. The molecule has 1 saturated heterocycles. The first-order valence-electron chi connectivity index (χ1n) is 7.15. The van der Waals surface area contributed by atoms with E-state index in [1.165, 1.54) is 12.0 Å². The van der Waals surface area contributed by atoms with Crippen molar-refractivity contribution in [1.82, 2.24) is 5.32 Å². The normalized spacial score (nSPS) is 21.9. The lowest BCUT2D eigenvalue weighted by atomic mass is 10.1. The van der Waals surface area contributed by atoms with E-state index in [0.717, 1.165) is 51.5 Å². The van der Waals surface area contributed by atoms with Gasteiger partial charge < -0.3 is 15.0 Å². The van der Waals surface area contributed by atoms with Gasteiger partial charge in [-0.05, 0) is 36.5 Å². The number of benzene rings is 1. The Hall–Kier alpha value is -1.13. The molecule has 1 unspecified atom stereocenters. The number of rotatable bonds is 5. The van der Waals surface area contributed by atoms with Gasteiger partial charge in [0, 0.05) is 38.5 Å². The van der Waals surface area contributed by atoms with Crippen molar-refractivity contribution in [1.29, 1.82) is 0 Å². The molecule has 1 aromatic rings. The minimum absolute atomic E-state index is 0.137. The van der Waals surface area contributed by atoms with E-state index in [4.69, 9.17) is 4.74 Å². The summed E-state index contributed by atoms with van der Waals surface area (Å²) in [5.41, 5.74) is 2.34. The first kappa shape index (κ1) is 12.9. The van der Waals surface area contributed by atoms with E-state index < -0.39 is 0 Å². The number of fused-ring (bicyclic) bond motifs is 1. The fourth-order valence-electron chi connectivity index (χ4n) is 2.92. The van der Waals surface area contributed by atoms with Gasteiger partial charge in [0.1, 0.15) is 5.82 Å². The van der Waals surface area contributed by atoms with Crippen LogP contribution in [-0.4, -0.2) is 39.4 Å². The zero-order valence-corrected chi connectivity index (χ0v) is 11.2. The Morgan fingerprint density at radius 2 is 2.37 bits per heavy atom. The molecular weight excluding hydrogens is 243 g/mol. The molecule has 19 heavy (non-hydrogen) atoms. The first-order chi connectivity index (χ1) is 9.33. The molecule has 2 aliphatic heterocycles. The Morgan fingerprint density at radius 3 is 3.21 bits per heavy atom. The third-order valence-electron chi connectivity index (χ3n) is 4.05. The van der Waals surface area contributed by atoms with E-state index >= 15 is 0 Å². The van der Waals surface area contributed by atoms with E-state index in [1.807, 2.05) is 6.07 Å². The van der Waals surface area contributed by atoms with E-state index in [9.17, 15) is 4.39 Å². The summed E-state index contributed by atoms with van der Waals surface area (Å²) in [4.78, 5) is 2.27. The Labute approximate surface area is 113 Å². The number of halogens is 1. The number of hydrogen-bond acceptors (Lipinski definition) is 3. The third-order valence-corrected chi connectivity index (χ3v) is 4.05. The Morgan fingerprint density at radius 1 is 1.42 bits per heavy atom. The van der Waals surface area contributed by atoms with E-state index in [0.29, 0.717) is 5.92 Å². The Kier molecular flexibility index (Phi) is 3.99. The number of nitrogens with zero attached hydrogens (tertiary/aromatic N) is 1. The molecule has 3 nitrogen and oxygen atoms in total. The van der Waals surface area contributed by atoms with Crippen LogP contribution in [0.1, 0.15) is 12.0 Å². The first-order valence-corrected chi connectivity index (χ1v) is 7.15. The Balaban J connectivity index is 1.45. The fraction of sp³-hybridized carbons (Fsp3) is 0.600. The molecule has 2 heterocycles. The summed E-state index contributed by atoms with van der Waals surface area (Å²) in [6, 6.07) is 5.13. The minimum atomic E-state index is -0.137. The Bertz CT molecular complexity index is 432. The van der Waals surface area contributed by atoms with Crippen LogP contribution >= 0.6 is 0 Å². The van der Waals surface area contributed by atoms with E-state index in [-0.39, 0.29) is 5.82 Å². The lowest BCUT2D eigenvalue weighted by Gasteiger charge is -2.20. The van der Waals surface area contributed by atoms with Crippen LogP contribution in [0.3, 0.4) is 0 Å². The predicted octanol–water partition coefficient (Wildman–Crippen LogP) is 1.81. The van der Waals surface area contributed by atoms with Crippen LogP contribution in [0, 0.1) is 11.7 Å². The van der Waals surface area contributed by atoms with Gasteiger partial charge in [0.25, 0.3) is 0 Å². The molecule has 1 atom stereocenters. The van der Waals surface area contributed by atoms with Crippen molar-refractivity contribution in [3.8, 4) is 0 Å². The summed E-state index contributed by atoms with van der Waals surface area (Å²) in [6.07, 6.45) is 2.21. The number of nitrogens with one attached hydrogen (secondary N) is 1. The van der Waals surface area contributed by atoms with Crippen molar-refractivity contribution < 1.29 is 9.13 Å². The monoisotopic (exact) mass is 264 g/mol. The molecule has 0 radical (unpaired) electrons. The summed E-state index contributed by atoms with van der Waals surface area (Å²) in [6.45, 7) is 5.74. The number of hydrogen-bond donors (Lipinski definition) is 1. The van der Waals surface area contributed by atoms with Gasteiger partial charge >= 0.3 is 0 Å². The maximum atomic E-state index is 13.3. The highest BCUT2D eigenvalue weighted by molar-refractivity contribution is 5.58. The topological polar surface area (TPSA) is 24.5 Å². The second-order valence-electron chi connectivity index (χ2n) is 5.44. The maximum Gasteiger partial charge on any atom is 0.125 e. The van der Waals surface area contributed by atoms with Crippen molar-refractivity contribution in [3.63, 3.8) is 0 Å². The molecule has 0 spiro atoms. The van der Waals surface area contributed by atoms with Crippen molar-refractivity contribution in [3.05, 3.63) is 29.6 Å². The van der Waals surface area contributed by atoms with Crippen LogP contribution in [0.5, 0.6) is 0 Å². The minimum Gasteiger partial charge on any atom is -0.381 e. The second kappa shape index (κ2) is 5.88. The van der Waals surface area contributed by atoms with Gasteiger partial charge in [-0.15, -0.1) is 0 Å². The van der Waals surface area contributed by atoms with Crippen LogP contribution in [0.15, 0.2) is 18.2 Å². The largest absolute Gasteiger partial charge is 0.381 e. The molecule has 0 aromatic heterocycles. The summed E-state index contributed by atoms with van der Waals surface area (Å²) in [5.74, 6) is 0.532. The SMILES string of the molecule is Fc1ccc2c(c1)N(CCNCC1CCOC1)CC2. The molecule has 1 aromatic carbocycles. The summed E-state index contributed by atoms with van der Waals surface area (Å²) in [7, 11) is 0. The third kappa shape index (κ3) is 3.07. The predicted molar refractivity (Wildman–Crippen MR) is 74.1 cm³/mol. The van der Waals surface area contributed by atoms with Gasteiger partial charge in [0.05, 0.1) is 6.61 Å². The second-order valence-corrected chi connectivity index (χ2v) is 5.44. The van der Waals surface area contributed by atoms with Crippen molar-refractivity contribution in [2.24, 2.45) is 5.92 Å². The average molecular weight is 264 g/mol. The molecule has 0 saturated carbocycles. The van der Waals surface area contributed by atoms with E-state index in [1.54, 1.807) is 12.1 Å². The van der Waals surface area contributed by atoms with E-state index in [2.05, 4.69) is 10.2 Å². The van der Waals surface area contributed by atoms with Crippen LogP contribution in [-0.2, 0) is 11.2 Å². The van der Waals surface area contributed by atoms with Crippen molar-refractivity contribution >= 4 is 5.69 Å². The summed E-state index contributed by atoms with van der Waals surface area (Å²) < 4.78 is 18.6. The number of ether oxygens (including phenoxy) is 1. The van der Waals surface area contributed by atoms with Crippen molar-refractivity contribution in [2.45, 2.75) is 12.8 Å². The molecule has 2 aliphatic rings. The lowest BCUT2D eigenvalue weighted by molar-refractivity contribution is 0.185. The van der Waals surface area contributed by atoms with Gasteiger partial charge in [-0.2, -0.15) is 0 Å². The molecule has 0 aliphatic carbocycles. The van der Waals surface area contributed by atoms with Gasteiger partial charge in [-0.1, -0.05) is 6.07 Å². The average Bonchev–Trinajstić information content (AvgIpc) is 3.04. The zero-order chi connectivity index (χ0) is 13.1.